The van der Waals surface area contributed by atoms with E-state index >= 15 is 0 Å². The molecule has 1 aromatic heterocycles. The Morgan fingerprint density at radius 3 is 2.83 bits per heavy atom. The number of aromatic nitrogens is 1. The molecule has 0 fully saturated rings. The van der Waals surface area contributed by atoms with Gasteiger partial charge in [-0.3, -0.25) is 9.79 Å². The number of aliphatic imine (C=N–C) groups is 1. The highest BCUT2D eigenvalue weighted by Gasteiger charge is 2.46. The number of anilines is 1. The molecule has 1 heterocycles. The van der Waals surface area contributed by atoms with Crippen molar-refractivity contribution in [3.8, 4) is 0 Å². The maximum atomic E-state index is 11.9. The van der Waals surface area contributed by atoms with Crippen LogP contribution in [0.5, 0.6) is 0 Å². The zero-order chi connectivity index (χ0) is 21.3. The van der Waals surface area contributed by atoms with Crippen LogP contribution in [0.15, 0.2) is 75.6 Å². The predicted molar refractivity (Wildman–Crippen MR) is 126 cm³/mol. The van der Waals surface area contributed by atoms with Crippen molar-refractivity contribution < 1.29 is 0 Å². The van der Waals surface area contributed by atoms with Crippen LogP contribution in [-0.2, 0) is 12.0 Å². The number of benzene rings is 1. The van der Waals surface area contributed by atoms with Crippen LogP contribution >= 0.6 is 0 Å². The molecule has 0 saturated heterocycles. The molecule has 2 aliphatic rings. The summed E-state index contributed by atoms with van der Waals surface area (Å²) in [5, 5.41) is 0. The molecular formula is C26H29N3O. The van der Waals surface area contributed by atoms with E-state index in [2.05, 4.69) is 66.2 Å². The minimum Gasteiger partial charge on any atom is -0.378 e. The van der Waals surface area contributed by atoms with E-state index in [0.29, 0.717) is 0 Å². The number of H-pyrrole nitrogens is 1. The van der Waals surface area contributed by atoms with Crippen molar-refractivity contribution in [3.05, 3.63) is 92.9 Å². The van der Waals surface area contributed by atoms with Gasteiger partial charge in [-0.2, -0.15) is 0 Å². The molecule has 1 N–H and O–H groups in total. The van der Waals surface area contributed by atoms with Crippen molar-refractivity contribution in [2.24, 2.45) is 10.9 Å². The lowest BCUT2D eigenvalue weighted by molar-refractivity contribution is 0.413. The Hall–Kier alpha value is -3.14. The topological polar surface area (TPSA) is 48.5 Å². The average molecular weight is 400 g/mol. The third-order valence-electron chi connectivity index (χ3n) is 6.13. The van der Waals surface area contributed by atoms with Gasteiger partial charge in [-0.1, -0.05) is 35.9 Å². The van der Waals surface area contributed by atoms with Gasteiger partial charge < -0.3 is 9.88 Å². The second-order valence-corrected chi connectivity index (χ2v) is 8.45. The standard InChI is InChI=1S/C26H29N3O/c1-5-22-20-14-18(2)17-26(22,23-11-12-25(30)28-24(23)16-20)27-13-7-9-19-8-6-10-21(15-19)29(3)4/h5-15,20H,16-17H2,1-4H3,(H,28,30)/b9-7+,22-5+,27-13?/t20-,26+/m0/s1. The van der Waals surface area contributed by atoms with Crippen LogP contribution in [0.2, 0.25) is 0 Å². The van der Waals surface area contributed by atoms with E-state index in [1.165, 1.54) is 16.8 Å². The molecule has 2 aromatic rings. The number of rotatable bonds is 4. The lowest BCUT2D eigenvalue weighted by Gasteiger charge is -2.45. The molecule has 4 nitrogen and oxygen atoms in total. The lowest BCUT2D eigenvalue weighted by atomic mass is 9.63. The first-order valence-electron chi connectivity index (χ1n) is 10.5. The van der Waals surface area contributed by atoms with E-state index in [0.717, 1.165) is 29.7 Å². The first-order chi connectivity index (χ1) is 14.4. The molecule has 154 valence electrons. The SMILES string of the molecule is C/C=C1\[C@H]2C=C(C)C[C@]1(N=C/C=C/c1cccc(N(C)C)c1)c1ccc(=O)[nH]c1C2. The highest BCUT2D eigenvalue weighted by atomic mass is 16.1. The van der Waals surface area contributed by atoms with Crippen molar-refractivity contribution >= 4 is 18.0 Å². The fourth-order valence-corrected chi connectivity index (χ4v) is 4.88. The highest BCUT2D eigenvalue weighted by Crippen LogP contribution is 2.51. The molecule has 4 rings (SSSR count). The zero-order valence-electron chi connectivity index (χ0n) is 18.1. The van der Waals surface area contributed by atoms with Crippen molar-refractivity contribution in [2.45, 2.75) is 32.2 Å². The monoisotopic (exact) mass is 399 g/mol. The molecule has 1 aromatic carbocycles. The Morgan fingerprint density at radius 2 is 2.07 bits per heavy atom. The number of allylic oxidation sites excluding steroid dienone is 3. The summed E-state index contributed by atoms with van der Waals surface area (Å²) >= 11 is 0. The maximum absolute atomic E-state index is 11.9. The van der Waals surface area contributed by atoms with Crippen molar-refractivity contribution in [2.75, 3.05) is 19.0 Å². The van der Waals surface area contributed by atoms with Crippen LogP contribution in [0.25, 0.3) is 6.08 Å². The quantitative estimate of drug-likeness (QED) is 0.588. The average Bonchev–Trinajstić information content (AvgIpc) is 2.70. The van der Waals surface area contributed by atoms with E-state index in [1.54, 1.807) is 6.07 Å². The second kappa shape index (κ2) is 7.94. The molecule has 0 spiro atoms. The first-order valence-corrected chi connectivity index (χ1v) is 10.5. The summed E-state index contributed by atoms with van der Waals surface area (Å²) < 4.78 is 0. The number of hydrogen-bond donors (Lipinski definition) is 1. The summed E-state index contributed by atoms with van der Waals surface area (Å²) in [5.41, 5.74) is 6.64. The van der Waals surface area contributed by atoms with Crippen LogP contribution in [0.3, 0.4) is 0 Å². The summed E-state index contributed by atoms with van der Waals surface area (Å²) in [7, 11) is 4.09. The van der Waals surface area contributed by atoms with Crippen molar-refractivity contribution in [3.63, 3.8) is 0 Å². The van der Waals surface area contributed by atoms with Gasteiger partial charge >= 0.3 is 0 Å². The first kappa shape index (κ1) is 20.1. The molecule has 0 amide bonds. The van der Waals surface area contributed by atoms with Crippen molar-refractivity contribution in [1.29, 1.82) is 0 Å². The highest BCUT2D eigenvalue weighted by molar-refractivity contribution is 5.80. The lowest BCUT2D eigenvalue weighted by Crippen LogP contribution is -2.40. The zero-order valence-corrected chi connectivity index (χ0v) is 18.1. The van der Waals surface area contributed by atoms with E-state index in [9.17, 15) is 4.79 Å². The molecule has 2 atom stereocenters. The molecular weight excluding hydrogens is 370 g/mol. The Morgan fingerprint density at radius 1 is 1.23 bits per heavy atom. The summed E-state index contributed by atoms with van der Waals surface area (Å²) in [6.45, 7) is 4.28. The largest absolute Gasteiger partial charge is 0.378 e. The number of pyridine rings is 1. The van der Waals surface area contributed by atoms with Gasteiger partial charge in [0.05, 0.1) is 0 Å². The number of fused-ring (bicyclic) bond motifs is 4. The molecule has 2 aliphatic carbocycles. The number of nitrogens with zero attached hydrogens (tertiary/aromatic N) is 2. The van der Waals surface area contributed by atoms with Gasteiger partial charge in [0, 0.05) is 55.7 Å². The normalized spacial score (nSPS) is 24.3. The van der Waals surface area contributed by atoms with Crippen LogP contribution in [-0.4, -0.2) is 25.3 Å². The van der Waals surface area contributed by atoms with Gasteiger partial charge in [0.15, 0.2) is 0 Å². The third-order valence-corrected chi connectivity index (χ3v) is 6.13. The predicted octanol–water partition coefficient (Wildman–Crippen LogP) is 4.89. The second-order valence-electron chi connectivity index (χ2n) is 8.45. The van der Waals surface area contributed by atoms with Crippen LogP contribution < -0.4 is 10.5 Å². The summed E-state index contributed by atoms with van der Waals surface area (Å²) in [4.78, 5) is 22.2. The van der Waals surface area contributed by atoms with E-state index in [-0.39, 0.29) is 11.5 Å². The Kier molecular flexibility index (Phi) is 5.33. The van der Waals surface area contributed by atoms with E-state index in [4.69, 9.17) is 4.99 Å². The summed E-state index contributed by atoms with van der Waals surface area (Å²) in [6, 6.07) is 12.0. The Labute approximate surface area is 178 Å². The van der Waals surface area contributed by atoms with Crippen LogP contribution in [0, 0.1) is 5.92 Å². The van der Waals surface area contributed by atoms with E-state index in [1.807, 2.05) is 32.5 Å². The van der Waals surface area contributed by atoms with Crippen LogP contribution in [0.1, 0.15) is 37.1 Å². The third kappa shape index (κ3) is 3.58. The molecule has 0 aliphatic heterocycles. The Bertz CT molecular complexity index is 1130. The number of nitrogens with one attached hydrogen (secondary N) is 1. The molecule has 0 radical (unpaired) electrons. The van der Waals surface area contributed by atoms with Gasteiger partial charge in [0.25, 0.3) is 0 Å². The maximum Gasteiger partial charge on any atom is 0.248 e. The number of hydrogen-bond acceptors (Lipinski definition) is 3. The van der Waals surface area contributed by atoms with Crippen LogP contribution in [0.4, 0.5) is 5.69 Å². The summed E-state index contributed by atoms with van der Waals surface area (Å²) in [6.07, 6.45) is 12.2. The fraction of sp³-hybridized carbons (Fsp3) is 0.308. The Balaban J connectivity index is 1.73. The minimum absolute atomic E-state index is 0.0451. The van der Waals surface area contributed by atoms with Gasteiger partial charge in [0.1, 0.15) is 5.54 Å². The summed E-state index contributed by atoms with van der Waals surface area (Å²) in [5.74, 6) is 0.284. The molecule has 4 heteroatoms. The fourth-order valence-electron chi connectivity index (χ4n) is 4.88. The van der Waals surface area contributed by atoms with Gasteiger partial charge in [-0.25, -0.2) is 0 Å². The van der Waals surface area contributed by atoms with Gasteiger partial charge in [-0.05, 0) is 55.7 Å². The molecule has 0 saturated carbocycles. The minimum atomic E-state index is -0.439. The molecule has 30 heavy (non-hydrogen) atoms. The van der Waals surface area contributed by atoms with Crippen molar-refractivity contribution in [1.82, 2.24) is 4.98 Å². The smallest absolute Gasteiger partial charge is 0.248 e. The number of aromatic amines is 1. The van der Waals surface area contributed by atoms with Gasteiger partial charge in [0.2, 0.25) is 5.56 Å². The molecule has 2 bridgehead atoms. The van der Waals surface area contributed by atoms with E-state index < -0.39 is 5.54 Å². The van der Waals surface area contributed by atoms with Gasteiger partial charge in [-0.15, -0.1) is 0 Å². The molecule has 0 unspecified atom stereocenters.